The Balaban J connectivity index is -0.000000509. The smallest absolute Gasteiger partial charge is 0.191 e. The summed E-state index contributed by atoms with van der Waals surface area (Å²) in [6, 6.07) is 0. The number of aliphatic hydroxyl groups excluding tert-OH is 1. The van der Waals surface area contributed by atoms with E-state index in [2.05, 4.69) is 46.9 Å². The minimum Gasteiger partial charge on any atom is -0.417 e. The van der Waals surface area contributed by atoms with E-state index in [1.54, 1.807) is 0 Å². The van der Waals surface area contributed by atoms with Crippen LogP contribution in [0.15, 0.2) is 12.2 Å². The predicted octanol–water partition coefficient (Wildman–Crippen LogP) is 2.18. The topological polar surface area (TPSA) is 122 Å². The number of hydrogen-bond donors (Lipinski definition) is 1. The van der Waals surface area contributed by atoms with Crippen LogP contribution < -0.4 is 18.6 Å². The Kier molecular flexibility index (Phi) is 27.7. The molecule has 1 unspecified atom stereocenters. The van der Waals surface area contributed by atoms with Crippen molar-refractivity contribution in [2.24, 2.45) is 0 Å². The van der Waals surface area contributed by atoms with Crippen molar-refractivity contribution in [3.05, 3.63) is 76.4 Å². The largest absolute Gasteiger partial charge is 0.417 e. The fourth-order valence-electron chi connectivity index (χ4n) is 2.15. The second kappa shape index (κ2) is 24.0. The van der Waals surface area contributed by atoms with Gasteiger partial charge in [-0.2, -0.15) is 0 Å². The molecule has 2 rings (SSSR count). The molecule has 1 atom stereocenters. The zero-order valence-corrected chi connectivity index (χ0v) is 26.3. The number of rotatable bonds is 9. The molecule has 10 radical (unpaired) electrons. The molecule has 2 aliphatic rings. The van der Waals surface area contributed by atoms with E-state index in [0.29, 0.717) is 0 Å². The predicted molar refractivity (Wildman–Crippen MR) is 130 cm³/mol. The Morgan fingerprint density at radius 3 is 1.54 bits per heavy atom. The third kappa shape index (κ3) is 32.9. The van der Waals surface area contributed by atoms with Gasteiger partial charge in [-0.3, -0.25) is 0 Å². The normalized spacial score (nSPS) is 16.8. The molecule has 35 heavy (non-hydrogen) atoms. The van der Waals surface area contributed by atoms with Crippen LogP contribution in [0.1, 0.15) is 59.8 Å². The molecule has 0 aromatic heterocycles. The maximum atomic E-state index is 9.81. The van der Waals surface area contributed by atoms with Gasteiger partial charge in [0, 0.05) is 32.8 Å². The van der Waals surface area contributed by atoms with E-state index < -0.39 is 18.6 Å². The summed E-state index contributed by atoms with van der Waals surface area (Å²) in [5.41, 5.74) is 0. The van der Waals surface area contributed by atoms with Crippen LogP contribution in [0.4, 0.5) is 0 Å². The number of unbranched alkanes of at least 4 members (excludes halogenated alkanes) is 2. The third-order valence-corrected chi connectivity index (χ3v) is 9.65. The fourth-order valence-corrected chi connectivity index (χ4v) is 3.24. The van der Waals surface area contributed by atoms with E-state index in [0.717, 1.165) is 25.9 Å². The number of aliphatic hydroxyl groups is 1. The van der Waals surface area contributed by atoms with E-state index in [-0.39, 0.29) is 37.3 Å². The summed E-state index contributed by atoms with van der Waals surface area (Å²) in [7, 11) is -6.56. The first-order valence-corrected chi connectivity index (χ1v) is 15.8. The van der Waals surface area contributed by atoms with Crippen LogP contribution in [0.5, 0.6) is 0 Å². The van der Waals surface area contributed by atoms with Gasteiger partial charge in [-0.05, 0) is 102 Å². The Morgan fingerprint density at radius 1 is 0.857 bits per heavy atom. The van der Waals surface area contributed by atoms with Gasteiger partial charge in [0.1, 0.15) is 0 Å². The van der Waals surface area contributed by atoms with Crippen molar-refractivity contribution in [2.45, 2.75) is 84.0 Å². The quantitative estimate of drug-likeness (QED) is 0.244. The van der Waals surface area contributed by atoms with E-state index in [1.807, 2.05) is 70.3 Å². The summed E-state index contributed by atoms with van der Waals surface area (Å²) in [5, 5.41) is 10.1. The van der Waals surface area contributed by atoms with Crippen molar-refractivity contribution in [2.75, 3.05) is 6.61 Å². The summed E-state index contributed by atoms with van der Waals surface area (Å²) in [6.45, 7) is 14.3. The Morgan fingerprint density at radius 2 is 1.23 bits per heavy atom. The van der Waals surface area contributed by atoms with Crippen molar-refractivity contribution in [1.29, 1.82) is 0 Å². The standard InChI is InChI=1S/C16H34O2Si.2C5H5.ClHO4.Zr/c1-7-8-9-10-12-15(17)13-11-14-18-19(5,6)16(2,3)4;2*1-2-4-5-3-1;2-1(3,4)5;/h10,12,15,17H,7-9,11,13-14H2,1-6H3;2*1-5H;(H,2,3,4,5);/p-1/b12-10+;;;;. The molecule has 6 nitrogen and oxygen atoms in total. The Bertz CT molecular complexity index is 442. The van der Waals surface area contributed by atoms with Gasteiger partial charge in [0.25, 0.3) is 0 Å². The molecule has 1 N–H and O–H groups in total. The monoisotopic (exact) mass is 605 g/mol. The van der Waals surface area contributed by atoms with Gasteiger partial charge in [-0.1, -0.05) is 52.7 Å². The fraction of sp³-hybridized carbons (Fsp3) is 0.538. The van der Waals surface area contributed by atoms with Crippen LogP contribution in [0.2, 0.25) is 18.1 Å². The van der Waals surface area contributed by atoms with Crippen LogP contribution in [0, 0.1) is 74.5 Å². The summed E-state index contributed by atoms with van der Waals surface area (Å²) >= 11 is 0. The second-order valence-corrected chi connectivity index (χ2v) is 14.8. The number of allylic oxidation sites excluding steroid dienone is 1. The van der Waals surface area contributed by atoms with Gasteiger partial charge >= 0.3 is 0 Å². The first kappa shape index (κ1) is 40.4. The van der Waals surface area contributed by atoms with Gasteiger partial charge in [0.15, 0.2) is 8.32 Å². The zero-order chi connectivity index (χ0) is 26.5. The van der Waals surface area contributed by atoms with Crippen LogP contribution >= 0.6 is 0 Å². The van der Waals surface area contributed by atoms with Crippen molar-refractivity contribution >= 4 is 8.32 Å². The summed E-state index contributed by atoms with van der Waals surface area (Å²) in [5.74, 6) is 0. The van der Waals surface area contributed by atoms with E-state index in [1.165, 1.54) is 12.8 Å². The molecule has 2 fully saturated rings. The molecule has 0 aromatic carbocycles. The van der Waals surface area contributed by atoms with Crippen LogP contribution in [-0.2, 0) is 30.6 Å². The second-order valence-electron chi connectivity index (χ2n) is 9.19. The minimum atomic E-state index is -4.94. The maximum Gasteiger partial charge on any atom is 0.191 e. The van der Waals surface area contributed by atoms with Gasteiger partial charge in [0.2, 0.25) is 0 Å². The summed E-state index contributed by atoms with van der Waals surface area (Å²) in [4.78, 5) is 0. The molecule has 0 bridgehead atoms. The average molecular weight is 607 g/mol. The van der Waals surface area contributed by atoms with E-state index in [9.17, 15) is 5.11 Å². The zero-order valence-electron chi connectivity index (χ0n) is 22.1. The molecule has 0 saturated heterocycles. The van der Waals surface area contributed by atoms with Gasteiger partial charge in [0.05, 0.1) is 6.10 Å². The van der Waals surface area contributed by atoms with Gasteiger partial charge in [-0.15, -0.1) is 10.2 Å². The third-order valence-electron chi connectivity index (χ3n) is 5.11. The van der Waals surface area contributed by atoms with E-state index in [4.69, 9.17) is 23.1 Å². The van der Waals surface area contributed by atoms with Crippen LogP contribution in [0.25, 0.3) is 0 Å². The molecule has 9 heteroatoms. The molecule has 0 spiro atoms. The maximum absolute atomic E-state index is 9.81. The van der Waals surface area contributed by atoms with Crippen molar-refractivity contribution in [1.82, 2.24) is 0 Å². The Labute approximate surface area is 238 Å². The summed E-state index contributed by atoms with van der Waals surface area (Å²) in [6.07, 6.45) is 29.0. The molecule has 0 heterocycles. The number of halogens is 1. The van der Waals surface area contributed by atoms with Crippen molar-refractivity contribution in [3.63, 3.8) is 0 Å². The Hall–Kier alpha value is 0.890. The molecule has 0 aromatic rings. The molecule has 2 aliphatic carbocycles. The molecule has 200 valence electrons. The molecular formula is C26H44ClO6SiZr-. The molecule has 0 aliphatic heterocycles. The van der Waals surface area contributed by atoms with Gasteiger partial charge in [-0.25, -0.2) is 18.6 Å². The first-order chi connectivity index (χ1) is 15.7. The first-order valence-electron chi connectivity index (χ1n) is 11.6. The molecular weight excluding hydrogens is 563 g/mol. The SMILES string of the molecule is CCCC/C=C/C(O)CCCO[Si](C)(C)C(C)(C)C.[CH]1[CH][CH][CH][CH]1.[CH]1[CH][CH][CH][CH]1.[O-][Cl+3]([O-])([O-])[O-].[Zr]. The van der Waals surface area contributed by atoms with Crippen LogP contribution in [0.3, 0.4) is 0 Å². The number of hydrogen-bond acceptors (Lipinski definition) is 6. The van der Waals surface area contributed by atoms with Crippen LogP contribution in [-0.4, -0.2) is 26.1 Å². The van der Waals surface area contributed by atoms with Gasteiger partial charge < -0.3 is 9.53 Å². The molecule has 0 amide bonds. The average Bonchev–Trinajstić information content (AvgIpc) is 3.45. The van der Waals surface area contributed by atoms with Crippen molar-refractivity contribution in [3.8, 4) is 0 Å². The minimum absolute atomic E-state index is 0. The summed E-state index contributed by atoms with van der Waals surface area (Å²) < 4.78 is 40.1. The molecule has 2 saturated carbocycles. The van der Waals surface area contributed by atoms with Crippen molar-refractivity contribution < 1.29 is 64.6 Å². The van der Waals surface area contributed by atoms with E-state index >= 15 is 0 Å².